The fourth-order valence-electron chi connectivity index (χ4n) is 3.53. The van der Waals surface area contributed by atoms with E-state index in [9.17, 15) is 9.90 Å². The first-order chi connectivity index (χ1) is 11.2. The molecule has 24 heavy (non-hydrogen) atoms. The molecular weight excluding hydrogens is 346 g/mol. The van der Waals surface area contributed by atoms with Gasteiger partial charge in [-0.3, -0.25) is 4.79 Å². The van der Waals surface area contributed by atoms with Crippen molar-refractivity contribution >= 4 is 29.7 Å². The predicted molar refractivity (Wildman–Crippen MR) is 96.9 cm³/mol. The van der Waals surface area contributed by atoms with Crippen LogP contribution in [-0.2, 0) is 0 Å². The van der Waals surface area contributed by atoms with E-state index in [4.69, 9.17) is 0 Å². The lowest BCUT2D eigenvalue weighted by Gasteiger charge is -2.44. The van der Waals surface area contributed by atoms with E-state index in [0.717, 1.165) is 19.6 Å². The Morgan fingerprint density at radius 1 is 1.29 bits per heavy atom. The van der Waals surface area contributed by atoms with Gasteiger partial charge in [0.05, 0.1) is 11.8 Å². The van der Waals surface area contributed by atoms with Crippen molar-refractivity contribution in [2.45, 2.75) is 18.9 Å². The van der Waals surface area contributed by atoms with Crippen LogP contribution in [-0.4, -0.2) is 46.6 Å². The Bertz CT molecular complexity index is 728. The van der Waals surface area contributed by atoms with Crippen LogP contribution >= 0.6 is 23.7 Å². The van der Waals surface area contributed by atoms with Crippen molar-refractivity contribution in [1.29, 1.82) is 0 Å². The number of nitrogens with one attached hydrogen (secondary N) is 1. The summed E-state index contributed by atoms with van der Waals surface area (Å²) < 4.78 is 0. The Morgan fingerprint density at radius 2 is 2.04 bits per heavy atom. The lowest BCUT2D eigenvalue weighted by molar-refractivity contribution is 0.0622. The van der Waals surface area contributed by atoms with Crippen molar-refractivity contribution in [3.05, 3.63) is 35.3 Å². The number of nitrogens with zero attached hydrogens (tertiary/aromatic N) is 2. The number of phenolic OH excluding ortho intramolecular Hbond substituents is 1. The van der Waals surface area contributed by atoms with E-state index in [-0.39, 0.29) is 30.1 Å². The van der Waals surface area contributed by atoms with E-state index in [0.29, 0.717) is 21.4 Å². The quantitative estimate of drug-likeness (QED) is 0.877. The van der Waals surface area contributed by atoms with Crippen LogP contribution in [0.2, 0.25) is 0 Å². The smallest absolute Gasteiger partial charge is 0.263 e. The Kier molecular flexibility index (Phi) is 5.08. The number of carbonyl (C=O) groups excluding carboxylic acids is 1. The Labute approximate surface area is 151 Å². The van der Waals surface area contributed by atoms with Crippen molar-refractivity contribution in [2.24, 2.45) is 5.92 Å². The van der Waals surface area contributed by atoms with Gasteiger partial charge >= 0.3 is 0 Å². The van der Waals surface area contributed by atoms with Crippen LogP contribution in [0.4, 0.5) is 0 Å². The number of thiazole rings is 1. The molecule has 1 amide bonds. The third-order valence-corrected chi connectivity index (χ3v) is 5.87. The van der Waals surface area contributed by atoms with Crippen LogP contribution in [0.1, 0.15) is 22.5 Å². The van der Waals surface area contributed by atoms with Crippen LogP contribution in [0.3, 0.4) is 0 Å². The van der Waals surface area contributed by atoms with Gasteiger partial charge < -0.3 is 15.3 Å². The molecule has 1 atom stereocenters. The predicted octanol–water partition coefficient (Wildman–Crippen LogP) is 2.76. The Morgan fingerprint density at radius 3 is 2.71 bits per heavy atom. The minimum absolute atomic E-state index is 0. The first kappa shape index (κ1) is 17.2. The molecule has 2 N–H and O–H groups in total. The number of phenols is 1. The van der Waals surface area contributed by atoms with Crippen LogP contribution in [0.5, 0.6) is 5.75 Å². The second-order valence-electron chi connectivity index (χ2n) is 6.26. The molecule has 5 rings (SSSR count). The number of carbonyl (C=O) groups is 1. The van der Waals surface area contributed by atoms with Gasteiger partial charge in [0, 0.05) is 12.6 Å². The molecule has 1 aromatic carbocycles. The molecule has 0 spiro atoms. The summed E-state index contributed by atoms with van der Waals surface area (Å²) in [5, 5.41) is 13.7. The van der Waals surface area contributed by atoms with Crippen molar-refractivity contribution in [3.8, 4) is 16.3 Å². The van der Waals surface area contributed by atoms with Gasteiger partial charge in [0.25, 0.3) is 5.91 Å². The average Bonchev–Trinajstić information content (AvgIpc) is 3.06. The molecule has 3 aliphatic rings. The van der Waals surface area contributed by atoms with Crippen molar-refractivity contribution in [1.82, 2.24) is 15.2 Å². The second-order valence-corrected chi connectivity index (χ2v) is 7.30. The molecule has 0 saturated carbocycles. The minimum Gasteiger partial charge on any atom is -0.507 e. The van der Waals surface area contributed by atoms with Gasteiger partial charge in [0.1, 0.15) is 15.6 Å². The number of hydrogen-bond acceptors (Lipinski definition) is 5. The number of hydrogen-bond donors (Lipinski definition) is 2. The molecule has 2 bridgehead atoms. The van der Waals surface area contributed by atoms with Gasteiger partial charge in [0.2, 0.25) is 0 Å². The number of rotatable bonds is 3. The number of aromatic hydroxyl groups is 1. The van der Waals surface area contributed by atoms with Crippen LogP contribution in [0.15, 0.2) is 30.5 Å². The number of fused-ring (bicyclic) bond motifs is 3. The summed E-state index contributed by atoms with van der Waals surface area (Å²) >= 11 is 1.32. The number of halogens is 1. The topological polar surface area (TPSA) is 65.5 Å². The molecule has 1 aromatic heterocycles. The first-order valence-electron chi connectivity index (χ1n) is 7.98. The summed E-state index contributed by atoms with van der Waals surface area (Å²) in [7, 11) is 0. The average molecular weight is 366 g/mol. The van der Waals surface area contributed by atoms with Crippen molar-refractivity contribution < 1.29 is 9.90 Å². The van der Waals surface area contributed by atoms with E-state index in [1.807, 2.05) is 12.1 Å². The molecule has 3 fully saturated rings. The van der Waals surface area contributed by atoms with Gasteiger partial charge in [-0.25, -0.2) is 4.98 Å². The zero-order valence-corrected chi connectivity index (χ0v) is 14.8. The molecule has 128 valence electrons. The molecule has 0 unspecified atom stereocenters. The highest BCUT2D eigenvalue weighted by Gasteiger charge is 2.35. The molecule has 3 aliphatic heterocycles. The fraction of sp³-hybridized carbons (Fsp3) is 0.412. The van der Waals surface area contributed by atoms with Crippen LogP contribution in [0.25, 0.3) is 10.6 Å². The maximum Gasteiger partial charge on any atom is 0.263 e. The van der Waals surface area contributed by atoms with E-state index < -0.39 is 0 Å². The lowest BCUT2D eigenvalue weighted by atomic mass is 9.84. The standard InChI is InChI=1S/C17H19N3O2S.ClH/c21-14-4-2-1-3-12(14)17-18-9-15(23-17)16(22)19-13-10-20-7-5-11(13)6-8-20;/h1-4,9,11,13,21H,5-8,10H2,(H,19,22);1H/t13-;/m0./s1. The van der Waals surface area contributed by atoms with Gasteiger partial charge in [-0.2, -0.15) is 0 Å². The first-order valence-corrected chi connectivity index (χ1v) is 8.80. The number of para-hydroxylation sites is 1. The van der Waals surface area contributed by atoms with E-state index in [2.05, 4.69) is 15.2 Å². The molecule has 3 saturated heterocycles. The molecule has 7 heteroatoms. The zero-order chi connectivity index (χ0) is 15.8. The maximum absolute atomic E-state index is 12.5. The summed E-state index contributed by atoms with van der Waals surface area (Å²) in [4.78, 5) is 19.8. The summed E-state index contributed by atoms with van der Waals surface area (Å²) in [5.74, 6) is 0.739. The zero-order valence-electron chi connectivity index (χ0n) is 13.1. The number of aromatic nitrogens is 1. The van der Waals surface area contributed by atoms with Crippen molar-refractivity contribution in [2.75, 3.05) is 19.6 Å². The largest absolute Gasteiger partial charge is 0.507 e. The summed E-state index contributed by atoms with van der Waals surface area (Å²) in [6, 6.07) is 7.31. The number of piperidine rings is 3. The van der Waals surface area contributed by atoms with Gasteiger partial charge in [0.15, 0.2) is 0 Å². The van der Waals surface area contributed by atoms with E-state index in [1.165, 1.54) is 24.2 Å². The van der Waals surface area contributed by atoms with E-state index >= 15 is 0 Å². The molecule has 2 aromatic rings. The number of benzene rings is 1. The molecule has 4 heterocycles. The third kappa shape index (κ3) is 3.27. The second kappa shape index (κ2) is 7.09. The van der Waals surface area contributed by atoms with Crippen LogP contribution in [0, 0.1) is 5.92 Å². The molecule has 5 nitrogen and oxygen atoms in total. The normalized spacial score (nSPS) is 25.1. The van der Waals surface area contributed by atoms with Gasteiger partial charge in [-0.15, -0.1) is 23.7 Å². The number of amides is 1. The van der Waals surface area contributed by atoms with Crippen molar-refractivity contribution in [3.63, 3.8) is 0 Å². The van der Waals surface area contributed by atoms with Gasteiger partial charge in [-0.05, 0) is 44.0 Å². The highest BCUT2D eigenvalue weighted by atomic mass is 35.5. The summed E-state index contributed by atoms with van der Waals surface area (Å²) in [5.41, 5.74) is 0.666. The SMILES string of the molecule is Cl.O=C(N[C@H]1CN2CCC1CC2)c1cnc(-c2ccccc2O)s1. The summed E-state index contributed by atoms with van der Waals surface area (Å²) in [6.45, 7) is 3.28. The monoisotopic (exact) mass is 365 g/mol. The lowest BCUT2D eigenvalue weighted by Crippen LogP contribution is -2.57. The third-order valence-electron chi connectivity index (χ3n) is 4.84. The van der Waals surface area contributed by atoms with Crippen LogP contribution < -0.4 is 5.32 Å². The molecule has 0 radical (unpaired) electrons. The highest BCUT2D eigenvalue weighted by molar-refractivity contribution is 7.16. The maximum atomic E-state index is 12.5. The molecular formula is C17H20ClN3O2S. The summed E-state index contributed by atoms with van der Waals surface area (Å²) in [6.07, 6.45) is 3.96. The fourth-order valence-corrected chi connectivity index (χ4v) is 4.38. The highest BCUT2D eigenvalue weighted by Crippen LogP contribution is 2.32. The van der Waals surface area contributed by atoms with E-state index in [1.54, 1.807) is 18.3 Å². The van der Waals surface area contributed by atoms with Gasteiger partial charge in [-0.1, -0.05) is 12.1 Å². The Balaban J connectivity index is 0.00000169. The minimum atomic E-state index is -0.0529. The molecule has 0 aliphatic carbocycles. The Hall–Kier alpha value is -1.63.